The van der Waals surface area contributed by atoms with E-state index in [9.17, 15) is 22.8 Å². The molecule has 7 heteroatoms. The molecule has 2 amide bonds. The average Bonchev–Trinajstić information content (AvgIpc) is 2.25. The van der Waals surface area contributed by atoms with Gasteiger partial charge >= 0.3 is 18.0 Å². The van der Waals surface area contributed by atoms with Crippen LogP contribution in [0, 0.1) is 0 Å². The van der Waals surface area contributed by atoms with Crippen LogP contribution < -0.4 is 11.1 Å². The van der Waals surface area contributed by atoms with E-state index in [4.69, 9.17) is 0 Å². The van der Waals surface area contributed by atoms with E-state index >= 15 is 0 Å². The number of carbonyl (C=O) groups excluding carboxylic acids is 2. The summed E-state index contributed by atoms with van der Waals surface area (Å²) in [7, 11) is 0. The quantitative estimate of drug-likeness (QED) is 0.758. The van der Waals surface area contributed by atoms with Gasteiger partial charge in [-0.2, -0.15) is 13.2 Å². The molecule has 1 aromatic rings. The molecule has 0 spiro atoms. The van der Waals surface area contributed by atoms with Crippen LogP contribution in [-0.4, -0.2) is 11.8 Å². The third-order valence-electron chi connectivity index (χ3n) is 1.96. The highest BCUT2D eigenvalue weighted by molar-refractivity contribution is 6.34. The van der Waals surface area contributed by atoms with Gasteiger partial charge in [0.05, 0.1) is 5.56 Å². The second-order valence-electron chi connectivity index (χ2n) is 3.24. The zero-order chi connectivity index (χ0) is 13.1. The normalized spacial score (nSPS) is 11.0. The standard InChI is InChI=1S/C10H9F3N2O2/c11-10(12,13)7-3-1-6(2-4-7)5-15-9(17)8(14)16/h1-4H,5H2,(H2,14,16)(H,15,17). The molecule has 0 saturated carbocycles. The lowest BCUT2D eigenvalue weighted by molar-refractivity contribution is -0.137. The molecule has 0 saturated heterocycles. The first-order valence-corrected chi connectivity index (χ1v) is 4.54. The van der Waals surface area contributed by atoms with Gasteiger partial charge in [-0.05, 0) is 17.7 Å². The van der Waals surface area contributed by atoms with Crippen LogP contribution in [0.25, 0.3) is 0 Å². The monoisotopic (exact) mass is 246 g/mol. The first-order chi connectivity index (χ1) is 7.80. The summed E-state index contributed by atoms with van der Waals surface area (Å²) >= 11 is 0. The molecule has 92 valence electrons. The molecule has 1 rings (SSSR count). The van der Waals surface area contributed by atoms with Crippen molar-refractivity contribution >= 4 is 11.8 Å². The second kappa shape index (κ2) is 4.86. The zero-order valence-electron chi connectivity index (χ0n) is 8.54. The number of nitrogens with one attached hydrogen (secondary N) is 1. The summed E-state index contributed by atoms with van der Waals surface area (Å²) in [4.78, 5) is 21.1. The van der Waals surface area contributed by atoms with E-state index in [0.29, 0.717) is 5.56 Å². The van der Waals surface area contributed by atoms with E-state index in [1.165, 1.54) is 12.1 Å². The molecule has 4 nitrogen and oxygen atoms in total. The lowest BCUT2D eigenvalue weighted by atomic mass is 10.1. The highest BCUT2D eigenvalue weighted by Gasteiger charge is 2.29. The predicted molar refractivity (Wildman–Crippen MR) is 52.5 cm³/mol. The van der Waals surface area contributed by atoms with Crippen molar-refractivity contribution in [1.82, 2.24) is 5.32 Å². The molecule has 0 unspecified atom stereocenters. The Bertz CT molecular complexity index is 426. The fraction of sp³-hybridized carbons (Fsp3) is 0.200. The summed E-state index contributed by atoms with van der Waals surface area (Å²) in [6, 6.07) is 4.21. The van der Waals surface area contributed by atoms with Gasteiger partial charge < -0.3 is 11.1 Å². The Hall–Kier alpha value is -2.05. The SMILES string of the molecule is NC(=O)C(=O)NCc1ccc(C(F)(F)F)cc1. The van der Waals surface area contributed by atoms with Crippen molar-refractivity contribution in [3.63, 3.8) is 0 Å². The maximum atomic E-state index is 12.2. The zero-order valence-corrected chi connectivity index (χ0v) is 8.54. The molecule has 0 aliphatic heterocycles. The molecule has 0 atom stereocenters. The molecule has 0 heterocycles. The van der Waals surface area contributed by atoms with Crippen LogP contribution in [0.1, 0.15) is 11.1 Å². The number of benzene rings is 1. The van der Waals surface area contributed by atoms with E-state index < -0.39 is 23.6 Å². The number of carbonyl (C=O) groups is 2. The molecular formula is C10H9F3N2O2. The van der Waals surface area contributed by atoms with Gasteiger partial charge in [-0.3, -0.25) is 9.59 Å². The first-order valence-electron chi connectivity index (χ1n) is 4.54. The van der Waals surface area contributed by atoms with Crippen LogP contribution in [0.3, 0.4) is 0 Å². The van der Waals surface area contributed by atoms with E-state index in [0.717, 1.165) is 12.1 Å². The maximum absolute atomic E-state index is 12.2. The van der Waals surface area contributed by atoms with Crippen LogP contribution in [-0.2, 0) is 22.3 Å². The van der Waals surface area contributed by atoms with Crippen LogP contribution in [0.5, 0.6) is 0 Å². The van der Waals surface area contributed by atoms with E-state index in [2.05, 4.69) is 11.1 Å². The summed E-state index contributed by atoms with van der Waals surface area (Å²) in [5.74, 6) is -2.12. The van der Waals surface area contributed by atoms with Crippen LogP contribution in [0.4, 0.5) is 13.2 Å². The highest BCUT2D eigenvalue weighted by Crippen LogP contribution is 2.28. The van der Waals surface area contributed by atoms with Gasteiger partial charge in [-0.25, -0.2) is 0 Å². The molecular weight excluding hydrogens is 237 g/mol. The Morgan fingerprint density at radius 1 is 1.18 bits per heavy atom. The van der Waals surface area contributed by atoms with Gasteiger partial charge in [-0.15, -0.1) is 0 Å². The van der Waals surface area contributed by atoms with Gasteiger partial charge in [0.15, 0.2) is 0 Å². The van der Waals surface area contributed by atoms with Crippen LogP contribution in [0.15, 0.2) is 24.3 Å². The Morgan fingerprint density at radius 2 is 1.71 bits per heavy atom. The van der Waals surface area contributed by atoms with Gasteiger partial charge in [0.2, 0.25) is 0 Å². The molecule has 0 aliphatic carbocycles. The van der Waals surface area contributed by atoms with E-state index in [1.54, 1.807) is 0 Å². The van der Waals surface area contributed by atoms with Gasteiger partial charge in [0.1, 0.15) is 0 Å². The van der Waals surface area contributed by atoms with Crippen molar-refractivity contribution in [2.45, 2.75) is 12.7 Å². The summed E-state index contributed by atoms with van der Waals surface area (Å²) in [5.41, 5.74) is 4.34. The molecule has 17 heavy (non-hydrogen) atoms. The number of hydrogen-bond donors (Lipinski definition) is 2. The van der Waals surface area contributed by atoms with Crippen molar-refractivity contribution in [2.75, 3.05) is 0 Å². The largest absolute Gasteiger partial charge is 0.416 e. The number of hydrogen-bond acceptors (Lipinski definition) is 2. The van der Waals surface area contributed by atoms with Crippen molar-refractivity contribution in [3.8, 4) is 0 Å². The predicted octanol–water partition coefficient (Wildman–Crippen LogP) is 0.807. The first kappa shape index (κ1) is 13.0. The van der Waals surface area contributed by atoms with Crippen LogP contribution in [0.2, 0.25) is 0 Å². The summed E-state index contributed by atoms with van der Waals surface area (Å²) < 4.78 is 36.6. The third-order valence-corrected chi connectivity index (χ3v) is 1.96. The van der Waals surface area contributed by atoms with Gasteiger partial charge in [0.25, 0.3) is 0 Å². The van der Waals surface area contributed by atoms with Crippen molar-refractivity contribution < 1.29 is 22.8 Å². The van der Waals surface area contributed by atoms with Crippen molar-refractivity contribution in [2.24, 2.45) is 5.73 Å². The summed E-state index contributed by atoms with van der Waals surface area (Å²) in [6.45, 7) is -0.0556. The summed E-state index contributed by atoms with van der Waals surface area (Å²) in [6.07, 6.45) is -4.39. The maximum Gasteiger partial charge on any atom is 0.416 e. The lowest BCUT2D eigenvalue weighted by Gasteiger charge is -2.07. The fourth-order valence-electron chi connectivity index (χ4n) is 1.08. The topological polar surface area (TPSA) is 72.2 Å². The minimum Gasteiger partial charge on any atom is -0.361 e. The number of nitrogens with two attached hydrogens (primary N) is 1. The van der Waals surface area contributed by atoms with Crippen molar-refractivity contribution in [1.29, 1.82) is 0 Å². The third kappa shape index (κ3) is 3.78. The molecule has 0 radical (unpaired) electrons. The average molecular weight is 246 g/mol. The molecule has 0 fully saturated rings. The molecule has 0 bridgehead atoms. The number of amides is 2. The Balaban J connectivity index is 2.63. The Labute approximate surface area is 94.6 Å². The minimum absolute atomic E-state index is 0.0556. The Morgan fingerprint density at radius 3 is 2.12 bits per heavy atom. The van der Waals surface area contributed by atoms with Crippen molar-refractivity contribution in [3.05, 3.63) is 35.4 Å². The van der Waals surface area contributed by atoms with E-state index in [1.807, 2.05) is 0 Å². The fourth-order valence-corrected chi connectivity index (χ4v) is 1.08. The molecule has 0 aliphatic rings. The second-order valence-corrected chi connectivity index (χ2v) is 3.24. The van der Waals surface area contributed by atoms with Crippen LogP contribution >= 0.6 is 0 Å². The molecule has 0 aromatic heterocycles. The molecule has 1 aromatic carbocycles. The number of rotatable bonds is 2. The number of primary amides is 1. The highest BCUT2D eigenvalue weighted by atomic mass is 19.4. The Kier molecular flexibility index (Phi) is 3.72. The minimum atomic E-state index is -4.39. The smallest absolute Gasteiger partial charge is 0.361 e. The van der Waals surface area contributed by atoms with Gasteiger partial charge in [0, 0.05) is 6.54 Å². The summed E-state index contributed by atoms with van der Waals surface area (Å²) in [5, 5.41) is 2.16. The van der Waals surface area contributed by atoms with E-state index in [-0.39, 0.29) is 6.54 Å². The lowest BCUT2D eigenvalue weighted by Crippen LogP contribution is -2.35. The van der Waals surface area contributed by atoms with Gasteiger partial charge in [-0.1, -0.05) is 12.1 Å². The molecule has 3 N–H and O–H groups in total. The number of alkyl halides is 3. The number of halogens is 3.